The normalized spacial score (nSPS) is 20.3. The summed E-state index contributed by atoms with van der Waals surface area (Å²) in [6.45, 7) is 6.82. The molecule has 0 aromatic heterocycles. The molecule has 0 bridgehead atoms. The summed E-state index contributed by atoms with van der Waals surface area (Å²) >= 11 is 6.27. The van der Waals surface area contributed by atoms with Crippen molar-refractivity contribution in [2.75, 3.05) is 24.5 Å². The molecule has 1 heterocycles. The van der Waals surface area contributed by atoms with Gasteiger partial charge in [0.2, 0.25) is 5.91 Å². The van der Waals surface area contributed by atoms with Gasteiger partial charge in [-0.2, -0.15) is 0 Å². The lowest BCUT2D eigenvalue weighted by molar-refractivity contribution is -0.143. The number of carboxylic acids is 1. The van der Waals surface area contributed by atoms with Gasteiger partial charge in [0.25, 0.3) is 0 Å². The number of nitrogens with zero attached hydrogens (tertiary/aromatic N) is 2. The minimum Gasteiger partial charge on any atom is -0.481 e. The summed E-state index contributed by atoms with van der Waals surface area (Å²) in [5.41, 5.74) is 6.49. The number of nitrogens with two attached hydrogens (primary N) is 1. The second-order valence-corrected chi connectivity index (χ2v) is 8.82. The quantitative estimate of drug-likeness (QED) is 0.560. The van der Waals surface area contributed by atoms with Crippen LogP contribution in [0.1, 0.15) is 40.0 Å². The lowest BCUT2D eigenvalue weighted by Gasteiger charge is -2.47. The second kappa shape index (κ2) is 9.89. The maximum Gasteiger partial charge on any atom is 0.306 e. The van der Waals surface area contributed by atoms with Crippen molar-refractivity contribution in [3.63, 3.8) is 0 Å². The molecule has 1 aliphatic rings. The number of anilines is 1. The van der Waals surface area contributed by atoms with Crippen LogP contribution in [0.15, 0.2) is 24.3 Å². The molecule has 0 radical (unpaired) electrons. The number of para-hydroxylation sites is 1. The number of rotatable bonds is 9. The Morgan fingerprint density at radius 1 is 1.34 bits per heavy atom. The second-order valence-electron chi connectivity index (χ2n) is 8.41. The third-order valence-corrected chi connectivity index (χ3v) is 5.93. The molecule has 162 valence electrons. The first kappa shape index (κ1) is 23.6. The van der Waals surface area contributed by atoms with Crippen LogP contribution >= 0.6 is 11.6 Å². The molecule has 1 fully saturated rings. The predicted molar refractivity (Wildman–Crippen MR) is 114 cm³/mol. The zero-order valence-corrected chi connectivity index (χ0v) is 18.1. The number of amides is 1. The van der Waals surface area contributed by atoms with E-state index in [1.165, 1.54) is 0 Å². The van der Waals surface area contributed by atoms with Gasteiger partial charge in [-0.15, -0.1) is 0 Å². The summed E-state index contributed by atoms with van der Waals surface area (Å²) in [5, 5.41) is 20.3. The molecule has 0 spiro atoms. The van der Waals surface area contributed by atoms with E-state index >= 15 is 0 Å². The van der Waals surface area contributed by atoms with Gasteiger partial charge in [-0.1, -0.05) is 37.1 Å². The van der Waals surface area contributed by atoms with Crippen molar-refractivity contribution < 1.29 is 19.8 Å². The maximum absolute atomic E-state index is 12.8. The van der Waals surface area contributed by atoms with E-state index in [2.05, 4.69) is 0 Å². The number of aliphatic hydroxyl groups is 1. The average Bonchev–Trinajstić information content (AvgIpc) is 2.64. The summed E-state index contributed by atoms with van der Waals surface area (Å²) in [6, 6.07) is 6.59. The van der Waals surface area contributed by atoms with Crippen LogP contribution < -0.4 is 10.6 Å². The van der Waals surface area contributed by atoms with Crippen molar-refractivity contribution in [1.82, 2.24) is 4.90 Å². The van der Waals surface area contributed by atoms with Crippen LogP contribution in [0.5, 0.6) is 0 Å². The molecule has 0 aliphatic carbocycles. The molecular weight excluding hydrogens is 394 g/mol. The van der Waals surface area contributed by atoms with E-state index in [-0.39, 0.29) is 24.4 Å². The van der Waals surface area contributed by atoms with E-state index < -0.39 is 24.0 Å². The van der Waals surface area contributed by atoms with Crippen molar-refractivity contribution >= 4 is 29.2 Å². The highest BCUT2D eigenvalue weighted by atomic mass is 35.5. The van der Waals surface area contributed by atoms with Gasteiger partial charge in [-0.05, 0) is 38.8 Å². The highest BCUT2D eigenvalue weighted by molar-refractivity contribution is 6.33. The smallest absolute Gasteiger partial charge is 0.306 e. The first-order chi connectivity index (χ1) is 13.6. The van der Waals surface area contributed by atoms with Gasteiger partial charge < -0.3 is 20.8 Å². The first-order valence-corrected chi connectivity index (χ1v) is 10.4. The maximum atomic E-state index is 12.8. The fourth-order valence-electron chi connectivity index (χ4n) is 3.77. The molecule has 2 rings (SSSR count). The Labute approximate surface area is 177 Å². The molecule has 1 saturated heterocycles. The highest BCUT2D eigenvalue weighted by Crippen LogP contribution is 2.31. The Bertz CT molecular complexity index is 728. The van der Waals surface area contributed by atoms with Crippen molar-refractivity contribution in [1.29, 1.82) is 0 Å². The lowest BCUT2D eigenvalue weighted by atomic mass is 9.92. The number of hydrogen-bond acceptors (Lipinski definition) is 5. The number of carbonyl (C=O) groups is 2. The molecule has 0 saturated carbocycles. The zero-order valence-electron chi connectivity index (χ0n) is 17.3. The zero-order chi connectivity index (χ0) is 21.8. The minimum atomic E-state index is -0.949. The summed E-state index contributed by atoms with van der Waals surface area (Å²) in [6.07, 6.45) is 0.387. The van der Waals surface area contributed by atoms with Crippen LogP contribution in [0.4, 0.5) is 5.69 Å². The fraction of sp³-hybridized carbons (Fsp3) is 0.619. The molecule has 1 aromatic rings. The van der Waals surface area contributed by atoms with Crippen LogP contribution in [0.2, 0.25) is 5.02 Å². The van der Waals surface area contributed by atoms with Gasteiger partial charge in [-0.25, -0.2) is 0 Å². The largest absolute Gasteiger partial charge is 0.481 e. The van der Waals surface area contributed by atoms with Crippen LogP contribution in [-0.4, -0.2) is 64.3 Å². The third kappa shape index (κ3) is 5.92. The van der Waals surface area contributed by atoms with E-state index in [0.29, 0.717) is 30.2 Å². The Morgan fingerprint density at radius 3 is 2.59 bits per heavy atom. The summed E-state index contributed by atoms with van der Waals surface area (Å²) in [4.78, 5) is 27.8. The summed E-state index contributed by atoms with van der Waals surface area (Å²) in [5.74, 6) is -1.62. The SMILES string of the molecule is CCC[C@H](C[C@H](O)[C@@H](N)CN1CC(=O)N(c2ccccc2Cl)CC1(C)C)C(=O)O. The fourth-order valence-corrected chi connectivity index (χ4v) is 4.01. The molecule has 29 heavy (non-hydrogen) atoms. The van der Waals surface area contributed by atoms with Crippen LogP contribution in [-0.2, 0) is 9.59 Å². The molecule has 1 aromatic carbocycles. The van der Waals surface area contributed by atoms with Crippen molar-refractivity contribution in [3.8, 4) is 0 Å². The third-order valence-electron chi connectivity index (χ3n) is 5.61. The van der Waals surface area contributed by atoms with Gasteiger partial charge in [0, 0.05) is 24.7 Å². The standard InChI is InChI=1S/C21H32ClN3O4/c1-4-7-14(20(28)29)10-18(26)16(23)11-24-12-19(27)25(13-21(24,2)3)17-9-6-5-8-15(17)22/h5-6,8-9,14,16,18,26H,4,7,10-13,23H2,1-3H3,(H,28,29)/t14-,16+,18+/m1/s1. The molecule has 1 aliphatic heterocycles. The Morgan fingerprint density at radius 2 is 2.00 bits per heavy atom. The average molecular weight is 426 g/mol. The molecule has 3 atom stereocenters. The van der Waals surface area contributed by atoms with E-state index in [1.54, 1.807) is 11.0 Å². The number of aliphatic carboxylic acids is 1. The number of carbonyl (C=O) groups excluding carboxylic acids is 1. The van der Waals surface area contributed by atoms with E-state index in [1.807, 2.05) is 43.9 Å². The Balaban J connectivity index is 2.05. The molecular formula is C21H32ClN3O4. The first-order valence-electron chi connectivity index (χ1n) is 10.0. The topological polar surface area (TPSA) is 107 Å². The molecule has 7 nitrogen and oxygen atoms in total. The number of halogens is 1. The number of carboxylic acid groups (broad SMARTS) is 1. The van der Waals surface area contributed by atoms with Gasteiger partial charge in [0.15, 0.2) is 0 Å². The van der Waals surface area contributed by atoms with Crippen molar-refractivity contribution in [2.24, 2.45) is 11.7 Å². The Hall–Kier alpha value is -1.67. The molecule has 0 unspecified atom stereocenters. The van der Waals surface area contributed by atoms with Gasteiger partial charge in [0.05, 0.1) is 29.3 Å². The van der Waals surface area contributed by atoms with E-state index in [0.717, 1.165) is 6.42 Å². The van der Waals surface area contributed by atoms with E-state index in [4.69, 9.17) is 17.3 Å². The molecule has 8 heteroatoms. The summed E-state index contributed by atoms with van der Waals surface area (Å²) < 4.78 is 0. The Kier molecular flexibility index (Phi) is 8.05. The van der Waals surface area contributed by atoms with Gasteiger partial charge in [0.1, 0.15) is 0 Å². The number of hydrogen-bond donors (Lipinski definition) is 3. The van der Waals surface area contributed by atoms with Gasteiger partial charge in [-0.3, -0.25) is 14.5 Å². The van der Waals surface area contributed by atoms with Crippen LogP contribution in [0.25, 0.3) is 0 Å². The predicted octanol–water partition coefficient (Wildman–Crippen LogP) is 2.35. The van der Waals surface area contributed by atoms with Crippen molar-refractivity contribution in [3.05, 3.63) is 29.3 Å². The number of piperazine rings is 1. The molecule has 1 amide bonds. The van der Waals surface area contributed by atoms with Crippen molar-refractivity contribution in [2.45, 2.75) is 57.7 Å². The highest BCUT2D eigenvalue weighted by Gasteiger charge is 2.40. The van der Waals surface area contributed by atoms with Crippen LogP contribution in [0, 0.1) is 5.92 Å². The minimum absolute atomic E-state index is 0.0893. The monoisotopic (exact) mass is 425 g/mol. The number of aliphatic hydroxyl groups excluding tert-OH is 1. The van der Waals surface area contributed by atoms with E-state index in [9.17, 15) is 19.8 Å². The summed E-state index contributed by atoms with van der Waals surface area (Å²) in [7, 11) is 0. The van der Waals surface area contributed by atoms with Crippen LogP contribution in [0.3, 0.4) is 0 Å². The number of benzene rings is 1. The van der Waals surface area contributed by atoms with Gasteiger partial charge >= 0.3 is 5.97 Å². The lowest BCUT2D eigenvalue weighted by Crippen LogP contribution is -2.64. The molecule has 4 N–H and O–H groups in total.